The Morgan fingerprint density at radius 2 is 2.50 bits per heavy atom. The van der Waals surface area contributed by atoms with Crippen LogP contribution in [-0.2, 0) is 6.42 Å². The van der Waals surface area contributed by atoms with Gasteiger partial charge in [0, 0.05) is 10.9 Å². The fourth-order valence-corrected chi connectivity index (χ4v) is 3.53. The highest BCUT2D eigenvalue weighted by Crippen LogP contribution is 2.39. The smallest absolute Gasteiger partial charge is 0.0934 e. The van der Waals surface area contributed by atoms with Gasteiger partial charge in [-0.3, -0.25) is 0 Å². The predicted molar refractivity (Wildman–Crippen MR) is 69.3 cm³/mol. The average molecular weight is 260 g/mol. The van der Waals surface area contributed by atoms with Gasteiger partial charge in [-0.15, -0.1) is 11.3 Å². The lowest BCUT2D eigenvalue weighted by atomic mass is 10.1. The Kier molecular flexibility index (Phi) is 4.25. The van der Waals surface area contributed by atoms with E-state index in [-0.39, 0.29) is 6.10 Å². The Hall–Kier alpha value is -0.0900. The molecule has 2 rings (SSSR count). The van der Waals surface area contributed by atoms with Crippen molar-refractivity contribution in [3.8, 4) is 0 Å². The molecule has 2 N–H and O–H groups in total. The molecule has 0 amide bonds. The fraction of sp³-hybridized carbons (Fsp3) is 0.667. The minimum Gasteiger partial charge on any atom is -0.393 e. The van der Waals surface area contributed by atoms with Gasteiger partial charge in [0.1, 0.15) is 0 Å². The molecular formula is C12H18ClNOS. The number of hydrogen-bond donors (Lipinski definition) is 2. The summed E-state index contributed by atoms with van der Waals surface area (Å²) < 4.78 is 0.894. The molecule has 1 heterocycles. The molecule has 0 aliphatic heterocycles. The number of hydrogen-bond acceptors (Lipinski definition) is 3. The van der Waals surface area contributed by atoms with Gasteiger partial charge in [0.25, 0.3) is 0 Å². The van der Waals surface area contributed by atoms with Crippen LogP contribution in [0, 0.1) is 0 Å². The first kappa shape index (κ1) is 12.4. The molecule has 0 saturated heterocycles. The Morgan fingerprint density at radius 3 is 3.25 bits per heavy atom. The van der Waals surface area contributed by atoms with Gasteiger partial charge in [0.05, 0.1) is 10.4 Å². The Morgan fingerprint density at radius 1 is 1.69 bits per heavy atom. The Balaban J connectivity index is 1.83. The van der Waals surface area contributed by atoms with Gasteiger partial charge in [-0.05, 0) is 43.9 Å². The highest BCUT2D eigenvalue weighted by atomic mass is 35.5. The molecule has 2 atom stereocenters. The molecule has 1 aliphatic rings. The van der Waals surface area contributed by atoms with Crippen LogP contribution < -0.4 is 5.32 Å². The van der Waals surface area contributed by atoms with Crippen molar-refractivity contribution in [2.45, 2.75) is 44.8 Å². The van der Waals surface area contributed by atoms with Gasteiger partial charge in [-0.25, -0.2) is 0 Å². The van der Waals surface area contributed by atoms with Crippen LogP contribution in [0.15, 0.2) is 6.07 Å². The molecule has 90 valence electrons. The first-order valence-corrected chi connectivity index (χ1v) is 7.09. The molecular weight excluding hydrogens is 242 g/mol. The van der Waals surface area contributed by atoms with Crippen molar-refractivity contribution in [3.05, 3.63) is 20.8 Å². The maximum atomic E-state index is 9.47. The summed E-state index contributed by atoms with van der Waals surface area (Å²) in [5, 5.41) is 13.0. The number of rotatable bonds is 5. The second-order valence-corrected chi connectivity index (χ2v) is 6.09. The van der Waals surface area contributed by atoms with Crippen molar-refractivity contribution in [2.24, 2.45) is 0 Å². The predicted octanol–water partition coefficient (Wildman–Crippen LogP) is 3.14. The van der Waals surface area contributed by atoms with Crippen molar-refractivity contribution >= 4 is 22.9 Å². The number of nitrogens with one attached hydrogen (secondary N) is 1. The van der Waals surface area contributed by atoms with Crippen LogP contribution >= 0.6 is 22.9 Å². The molecule has 1 aromatic rings. The summed E-state index contributed by atoms with van der Waals surface area (Å²) >= 11 is 7.70. The molecule has 0 aromatic carbocycles. The SMILES string of the molecule is CCC(O)CCNC1CCc2sc(Cl)cc21. The fourth-order valence-electron chi connectivity index (χ4n) is 2.17. The third-order valence-corrected chi connectivity index (χ3v) is 4.53. The first-order chi connectivity index (χ1) is 7.70. The van der Waals surface area contributed by atoms with Gasteiger partial charge in [0.15, 0.2) is 0 Å². The van der Waals surface area contributed by atoms with E-state index in [0.29, 0.717) is 6.04 Å². The number of fused-ring (bicyclic) bond motifs is 1. The van der Waals surface area contributed by atoms with E-state index in [9.17, 15) is 5.11 Å². The summed E-state index contributed by atoms with van der Waals surface area (Å²) in [7, 11) is 0. The summed E-state index contributed by atoms with van der Waals surface area (Å²) in [6, 6.07) is 2.53. The highest BCUT2D eigenvalue weighted by molar-refractivity contribution is 7.16. The molecule has 0 saturated carbocycles. The maximum Gasteiger partial charge on any atom is 0.0934 e. The monoisotopic (exact) mass is 259 g/mol. The van der Waals surface area contributed by atoms with Crippen LogP contribution in [0.2, 0.25) is 4.34 Å². The Bertz CT molecular complexity index is 353. The van der Waals surface area contributed by atoms with Gasteiger partial charge in [-0.2, -0.15) is 0 Å². The van der Waals surface area contributed by atoms with Crippen LogP contribution in [0.3, 0.4) is 0 Å². The molecule has 0 bridgehead atoms. The molecule has 2 unspecified atom stereocenters. The molecule has 1 aliphatic carbocycles. The van der Waals surface area contributed by atoms with Crippen molar-refractivity contribution < 1.29 is 5.11 Å². The minimum absolute atomic E-state index is 0.167. The zero-order valence-electron chi connectivity index (χ0n) is 9.50. The molecule has 0 radical (unpaired) electrons. The van der Waals surface area contributed by atoms with Gasteiger partial charge < -0.3 is 10.4 Å². The lowest BCUT2D eigenvalue weighted by Gasteiger charge is -2.14. The van der Waals surface area contributed by atoms with Gasteiger partial charge in [-0.1, -0.05) is 18.5 Å². The average Bonchev–Trinajstić information content (AvgIpc) is 2.78. The highest BCUT2D eigenvalue weighted by Gasteiger charge is 2.24. The summed E-state index contributed by atoms with van der Waals surface area (Å²) in [5.41, 5.74) is 1.38. The number of aliphatic hydroxyl groups is 1. The van der Waals surface area contributed by atoms with Crippen molar-refractivity contribution in [3.63, 3.8) is 0 Å². The van der Waals surface area contributed by atoms with Crippen LogP contribution in [0.4, 0.5) is 0 Å². The quantitative estimate of drug-likeness (QED) is 0.852. The Labute approximate surface area is 106 Å². The van der Waals surface area contributed by atoms with E-state index in [0.717, 1.165) is 30.1 Å². The van der Waals surface area contributed by atoms with E-state index in [1.165, 1.54) is 16.9 Å². The second kappa shape index (κ2) is 5.50. The molecule has 16 heavy (non-hydrogen) atoms. The van der Waals surface area contributed by atoms with E-state index < -0.39 is 0 Å². The van der Waals surface area contributed by atoms with Crippen LogP contribution in [0.1, 0.15) is 42.7 Å². The third kappa shape index (κ3) is 2.77. The van der Waals surface area contributed by atoms with Crippen molar-refractivity contribution in [1.29, 1.82) is 0 Å². The maximum absolute atomic E-state index is 9.47. The lowest BCUT2D eigenvalue weighted by molar-refractivity contribution is 0.158. The standard InChI is InChI=1S/C12H18ClNOS/c1-2-8(15)5-6-14-10-3-4-11-9(10)7-12(13)16-11/h7-8,10,14-15H,2-6H2,1H3. The van der Waals surface area contributed by atoms with E-state index >= 15 is 0 Å². The van der Waals surface area contributed by atoms with E-state index in [4.69, 9.17) is 11.6 Å². The number of halogens is 1. The normalized spacial score (nSPS) is 21.1. The van der Waals surface area contributed by atoms with Crippen LogP contribution in [0.5, 0.6) is 0 Å². The minimum atomic E-state index is -0.167. The van der Waals surface area contributed by atoms with E-state index in [2.05, 4.69) is 11.4 Å². The summed E-state index contributed by atoms with van der Waals surface area (Å²) in [4.78, 5) is 1.43. The summed E-state index contributed by atoms with van der Waals surface area (Å²) in [6.07, 6.45) is 3.81. The molecule has 2 nitrogen and oxygen atoms in total. The zero-order valence-corrected chi connectivity index (χ0v) is 11.1. The number of aryl methyl sites for hydroxylation is 1. The van der Waals surface area contributed by atoms with Crippen molar-refractivity contribution in [2.75, 3.05) is 6.54 Å². The van der Waals surface area contributed by atoms with Crippen LogP contribution in [0.25, 0.3) is 0 Å². The first-order valence-electron chi connectivity index (χ1n) is 5.90. The van der Waals surface area contributed by atoms with Crippen LogP contribution in [-0.4, -0.2) is 17.8 Å². The summed E-state index contributed by atoms with van der Waals surface area (Å²) in [6.45, 7) is 2.89. The second-order valence-electron chi connectivity index (χ2n) is 4.33. The molecule has 4 heteroatoms. The topological polar surface area (TPSA) is 32.3 Å². The molecule has 1 aromatic heterocycles. The van der Waals surface area contributed by atoms with Crippen molar-refractivity contribution in [1.82, 2.24) is 5.32 Å². The third-order valence-electron chi connectivity index (χ3n) is 3.19. The molecule has 0 spiro atoms. The molecule has 0 fully saturated rings. The van der Waals surface area contributed by atoms with E-state index in [1.807, 2.05) is 6.92 Å². The largest absolute Gasteiger partial charge is 0.393 e. The van der Waals surface area contributed by atoms with E-state index in [1.54, 1.807) is 11.3 Å². The summed E-state index contributed by atoms with van der Waals surface area (Å²) in [5.74, 6) is 0. The van der Waals surface area contributed by atoms with Gasteiger partial charge in [0.2, 0.25) is 0 Å². The zero-order chi connectivity index (χ0) is 11.5. The lowest BCUT2D eigenvalue weighted by Crippen LogP contribution is -2.23. The van der Waals surface area contributed by atoms with Gasteiger partial charge >= 0.3 is 0 Å². The number of thiophene rings is 1. The number of aliphatic hydroxyl groups excluding tert-OH is 1.